The first-order valence-corrected chi connectivity index (χ1v) is 15.4. The van der Waals surface area contributed by atoms with E-state index in [1.165, 1.54) is 6.42 Å². The third kappa shape index (κ3) is 4.92. The number of piperidine rings is 1. The van der Waals surface area contributed by atoms with Crippen LogP contribution in [0.4, 0.5) is 5.69 Å². The Kier molecular flexibility index (Phi) is 7.10. The standard InChI is InChI=1S/C26H35ClN8O2S/c1-38(37)31-20-7-6-17(27)13-19(20)26(36)34-11-3-2-5-22(34)21-14-24-29-23(32-9-4-10-32)15-25(35(24)30-21)33-12-8-18(28)16-33/h6-7,13-15,18,21-22,30-31H,2-5,8-12,16,28H2,1H3. The first-order valence-electron chi connectivity index (χ1n) is 13.4. The molecular weight excluding hydrogens is 524 g/mol. The fourth-order valence-corrected chi connectivity index (χ4v) is 6.56. The van der Waals surface area contributed by atoms with Crippen LogP contribution in [0.2, 0.25) is 5.02 Å². The van der Waals surface area contributed by atoms with Crippen LogP contribution in [0.1, 0.15) is 42.5 Å². The molecule has 4 N–H and O–H groups in total. The second kappa shape index (κ2) is 10.5. The van der Waals surface area contributed by atoms with E-state index in [4.69, 9.17) is 22.3 Å². The number of amides is 1. The predicted octanol–water partition coefficient (Wildman–Crippen LogP) is 2.06. The number of benzene rings is 1. The van der Waals surface area contributed by atoms with E-state index in [0.717, 1.165) is 69.3 Å². The van der Waals surface area contributed by atoms with Gasteiger partial charge in [0.2, 0.25) is 0 Å². The van der Waals surface area contributed by atoms with Crippen molar-refractivity contribution in [2.75, 3.05) is 43.7 Å². The van der Waals surface area contributed by atoms with E-state index in [1.54, 1.807) is 24.5 Å². The van der Waals surface area contributed by atoms with E-state index in [1.807, 2.05) is 4.90 Å². The number of anilines is 1. The van der Waals surface area contributed by atoms with Gasteiger partial charge >= 0.3 is 0 Å². The largest absolute Gasteiger partial charge is 0.356 e. The van der Waals surface area contributed by atoms with Crippen molar-refractivity contribution in [3.63, 3.8) is 0 Å². The fourth-order valence-electron chi connectivity index (χ4n) is 5.90. The Labute approximate surface area is 231 Å². The van der Waals surface area contributed by atoms with Gasteiger partial charge in [-0.05, 0) is 56.4 Å². The van der Waals surface area contributed by atoms with E-state index in [0.29, 0.717) is 22.8 Å². The summed E-state index contributed by atoms with van der Waals surface area (Å²) in [6.07, 6.45) is 10.9. The zero-order chi connectivity index (χ0) is 26.4. The molecule has 0 spiro atoms. The quantitative estimate of drug-likeness (QED) is 0.507. The third-order valence-electron chi connectivity index (χ3n) is 7.97. The number of nitrogens with one attached hydrogen (secondary N) is 2. The Bertz CT molecular complexity index is 1230. The maximum atomic E-state index is 13.9. The van der Waals surface area contributed by atoms with Gasteiger partial charge in [0, 0.05) is 56.1 Å². The Balaban J connectivity index is 1.29. The number of likely N-dealkylation sites (tertiary alicyclic amines) is 3. The van der Waals surface area contributed by atoms with E-state index in [2.05, 4.69) is 37.1 Å². The van der Waals surface area contributed by atoms with E-state index < -0.39 is 11.0 Å². The van der Waals surface area contributed by atoms with E-state index in [9.17, 15) is 9.00 Å². The molecule has 10 nitrogen and oxygen atoms in total. The fraction of sp³-hybridized carbons (Fsp3) is 0.538. The van der Waals surface area contributed by atoms with Crippen LogP contribution in [-0.4, -0.2) is 92.8 Å². The maximum Gasteiger partial charge on any atom is 0.256 e. The summed E-state index contributed by atoms with van der Waals surface area (Å²) in [6.45, 7) is 4.42. The molecule has 1 aromatic carbocycles. The molecule has 3 fully saturated rings. The average molecular weight is 559 g/mol. The SMILES string of the molecule is CS(=O)Nc1ccc(Cl)cc1C(=O)N1CCCCC1C1C=C2N=C(N3CCC3)C=C(N3CCC(N)C3)N2N1. The van der Waals surface area contributed by atoms with Crippen LogP contribution in [0, 0.1) is 0 Å². The lowest BCUT2D eigenvalue weighted by atomic mass is 9.94. The van der Waals surface area contributed by atoms with Crippen molar-refractivity contribution in [1.29, 1.82) is 0 Å². The van der Waals surface area contributed by atoms with Crippen molar-refractivity contribution in [1.82, 2.24) is 25.1 Å². The van der Waals surface area contributed by atoms with Crippen LogP contribution in [0.5, 0.6) is 0 Å². The molecule has 0 radical (unpaired) electrons. The number of rotatable bonds is 5. The summed E-state index contributed by atoms with van der Waals surface area (Å²) in [4.78, 5) is 25.5. The van der Waals surface area contributed by atoms with Crippen LogP contribution >= 0.6 is 11.6 Å². The number of aliphatic imine (C=N–C) groups is 1. The summed E-state index contributed by atoms with van der Waals surface area (Å²) in [5.74, 6) is 2.83. The molecule has 5 heterocycles. The van der Waals surface area contributed by atoms with Crippen LogP contribution in [0.25, 0.3) is 0 Å². The number of carbonyl (C=O) groups excluding carboxylic acids is 1. The Hall–Kier alpha value is -2.60. The molecule has 0 aromatic heterocycles. The highest BCUT2D eigenvalue weighted by Crippen LogP contribution is 2.34. The maximum absolute atomic E-state index is 13.9. The summed E-state index contributed by atoms with van der Waals surface area (Å²) >= 11 is 6.29. The first kappa shape index (κ1) is 25.7. The number of nitrogens with zero attached hydrogens (tertiary/aromatic N) is 5. The number of fused-ring (bicyclic) bond motifs is 1. The van der Waals surface area contributed by atoms with Gasteiger partial charge in [-0.25, -0.2) is 19.6 Å². The van der Waals surface area contributed by atoms with Gasteiger partial charge < -0.3 is 25.2 Å². The number of hydrogen-bond acceptors (Lipinski definition) is 8. The molecule has 5 aliphatic rings. The van der Waals surface area contributed by atoms with Crippen molar-refractivity contribution in [2.24, 2.45) is 10.7 Å². The smallest absolute Gasteiger partial charge is 0.256 e. The zero-order valence-corrected chi connectivity index (χ0v) is 23.2. The van der Waals surface area contributed by atoms with Gasteiger partial charge in [-0.2, -0.15) is 0 Å². The molecule has 38 heavy (non-hydrogen) atoms. The Morgan fingerprint density at radius 2 is 2.00 bits per heavy atom. The molecule has 6 rings (SSSR count). The predicted molar refractivity (Wildman–Crippen MR) is 151 cm³/mol. The average Bonchev–Trinajstić information content (AvgIpc) is 3.49. The summed E-state index contributed by atoms with van der Waals surface area (Å²) in [5.41, 5.74) is 10.9. The molecule has 0 bridgehead atoms. The lowest BCUT2D eigenvalue weighted by Crippen LogP contribution is -2.55. The summed E-state index contributed by atoms with van der Waals surface area (Å²) in [5, 5.41) is 2.55. The number of hydrazine groups is 1. The van der Waals surface area contributed by atoms with E-state index in [-0.39, 0.29) is 24.0 Å². The van der Waals surface area contributed by atoms with Crippen molar-refractivity contribution in [3.05, 3.63) is 52.6 Å². The summed E-state index contributed by atoms with van der Waals surface area (Å²) in [7, 11) is -1.31. The van der Waals surface area contributed by atoms with Crippen LogP contribution in [0.3, 0.4) is 0 Å². The molecule has 0 saturated carbocycles. The molecule has 0 aliphatic carbocycles. The van der Waals surface area contributed by atoms with Gasteiger partial charge in [-0.15, -0.1) is 0 Å². The highest BCUT2D eigenvalue weighted by Gasteiger charge is 2.41. The van der Waals surface area contributed by atoms with Gasteiger partial charge in [-0.3, -0.25) is 4.79 Å². The molecule has 12 heteroatoms. The number of hydrogen-bond donors (Lipinski definition) is 3. The number of halogens is 1. The zero-order valence-electron chi connectivity index (χ0n) is 21.6. The summed E-state index contributed by atoms with van der Waals surface area (Å²) < 4.78 is 14.8. The monoisotopic (exact) mass is 558 g/mol. The molecule has 3 saturated heterocycles. The van der Waals surface area contributed by atoms with Crippen molar-refractivity contribution in [3.8, 4) is 0 Å². The van der Waals surface area contributed by atoms with Crippen molar-refractivity contribution in [2.45, 2.75) is 50.2 Å². The molecule has 1 aromatic rings. The van der Waals surface area contributed by atoms with Gasteiger partial charge in [0.05, 0.1) is 23.3 Å². The minimum absolute atomic E-state index is 0.0574. The lowest BCUT2D eigenvalue weighted by molar-refractivity contribution is 0.0550. The van der Waals surface area contributed by atoms with Gasteiger partial charge in [0.25, 0.3) is 5.91 Å². The van der Waals surface area contributed by atoms with Crippen LogP contribution < -0.4 is 15.9 Å². The molecule has 4 unspecified atom stereocenters. The van der Waals surface area contributed by atoms with Crippen LogP contribution in [-0.2, 0) is 11.0 Å². The summed E-state index contributed by atoms with van der Waals surface area (Å²) in [6, 6.07) is 5.10. The van der Waals surface area contributed by atoms with Crippen molar-refractivity contribution >= 4 is 40.0 Å². The highest BCUT2D eigenvalue weighted by molar-refractivity contribution is 7.85. The van der Waals surface area contributed by atoms with Crippen LogP contribution in [0.15, 0.2) is 47.0 Å². The van der Waals surface area contributed by atoms with Gasteiger partial charge in [0.1, 0.15) is 28.5 Å². The van der Waals surface area contributed by atoms with E-state index >= 15 is 0 Å². The topological polar surface area (TPSA) is 110 Å². The second-order valence-electron chi connectivity index (χ2n) is 10.6. The normalized spacial score (nSPS) is 27.9. The highest BCUT2D eigenvalue weighted by atomic mass is 35.5. The molecular formula is C26H35ClN8O2S. The second-order valence-corrected chi connectivity index (χ2v) is 12.2. The number of carbonyl (C=O) groups is 1. The van der Waals surface area contributed by atoms with Gasteiger partial charge in [0.15, 0.2) is 0 Å². The first-order chi connectivity index (χ1) is 18.4. The molecule has 1 amide bonds. The molecule has 4 atom stereocenters. The Morgan fingerprint density at radius 3 is 2.71 bits per heavy atom. The van der Waals surface area contributed by atoms with Crippen molar-refractivity contribution < 1.29 is 9.00 Å². The Morgan fingerprint density at radius 1 is 1.16 bits per heavy atom. The molecule has 204 valence electrons. The number of nitrogens with two attached hydrogens (primary N) is 1. The minimum atomic E-state index is -1.31. The lowest BCUT2D eigenvalue weighted by Gasteiger charge is -2.41. The van der Waals surface area contributed by atoms with Gasteiger partial charge in [-0.1, -0.05) is 11.6 Å². The third-order valence-corrected chi connectivity index (χ3v) is 8.71. The minimum Gasteiger partial charge on any atom is -0.356 e. The number of amidine groups is 1. The molecule has 5 aliphatic heterocycles.